The molecule has 0 amide bonds. The third kappa shape index (κ3) is 4.26. The summed E-state index contributed by atoms with van der Waals surface area (Å²) in [7, 11) is 0. The smallest absolute Gasteiger partial charge is 0.00683 e. The van der Waals surface area contributed by atoms with Gasteiger partial charge in [-0.2, -0.15) is 0 Å². The van der Waals surface area contributed by atoms with Crippen LogP contribution in [0.5, 0.6) is 0 Å². The summed E-state index contributed by atoms with van der Waals surface area (Å²) in [6, 6.07) is 1.24. The summed E-state index contributed by atoms with van der Waals surface area (Å²) in [5.41, 5.74) is 5.94. The SMILES string of the molecule is CCC1CCC(CNC2CCC(N)CC2)CC1. The summed E-state index contributed by atoms with van der Waals surface area (Å²) in [5.74, 6) is 1.98. The molecule has 2 aliphatic rings. The molecule has 2 saturated carbocycles. The van der Waals surface area contributed by atoms with Gasteiger partial charge in [0.25, 0.3) is 0 Å². The zero-order chi connectivity index (χ0) is 12.1. The van der Waals surface area contributed by atoms with Crippen LogP contribution >= 0.6 is 0 Å². The highest BCUT2D eigenvalue weighted by molar-refractivity contribution is 4.81. The number of hydrogen-bond acceptors (Lipinski definition) is 2. The maximum atomic E-state index is 5.94. The fourth-order valence-electron chi connectivity index (χ4n) is 3.50. The van der Waals surface area contributed by atoms with E-state index in [9.17, 15) is 0 Å². The van der Waals surface area contributed by atoms with Crippen molar-refractivity contribution in [3.8, 4) is 0 Å². The van der Waals surface area contributed by atoms with Gasteiger partial charge in [-0.05, 0) is 56.9 Å². The van der Waals surface area contributed by atoms with Crippen molar-refractivity contribution in [2.45, 2.75) is 76.8 Å². The second-order valence-corrected chi connectivity index (χ2v) is 6.31. The molecule has 0 aromatic rings. The summed E-state index contributed by atoms with van der Waals surface area (Å²) in [4.78, 5) is 0. The number of nitrogens with two attached hydrogens (primary N) is 1. The Bertz CT molecular complexity index is 201. The number of hydrogen-bond donors (Lipinski definition) is 2. The van der Waals surface area contributed by atoms with Gasteiger partial charge in [0.15, 0.2) is 0 Å². The van der Waals surface area contributed by atoms with Crippen molar-refractivity contribution in [1.82, 2.24) is 5.32 Å². The summed E-state index contributed by atoms with van der Waals surface area (Å²) in [5, 5.41) is 3.79. The first kappa shape index (κ1) is 13.4. The Morgan fingerprint density at radius 2 is 1.47 bits per heavy atom. The van der Waals surface area contributed by atoms with E-state index in [2.05, 4.69) is 12.2 Å². The van der Waals surface area contributed by atoms with E-state index in [1.165, 1.54) is 64.3 Å². The van der Waals surface area contributed by atoms with Crippen LogP contribution in [0.2, 0.25) is 0 Å². The minimum absolute atomic E-state index is 0.480. The molecular formula is C15H30N2. The van der Waals surface area contributed by atoms with Crippen LogP contribution in [0.4, 0.5) is 0 Å². The van der Waals surface area contributed by atoms with Gasteiger partial charge in [0.1, 0.15) is 0 Å². The molecule has 2 aliphatic carbocycles. The van der Waals surface area contributed by atoms with Crippen molar-refractivity contribution in [2.75, 3.05) is 6.54 Å². The van der Waals surface area contributed by atoms with E-state index in [4.69, 9.17) is 5.73 Å². The van der Waals surface area contributed by atoms with Gasteiger partial charge in [-0.25, -0.2) is 0 Å². The molecule has 2 fully saturated rings. The minimum atomic E-state index is 0.480. The predicted octanol–water partition coefficient (Wildman–Crippen LogP) is 3.06. The highest BCUT2D eigenvalue weighted by atomic mass is 14.9. The van der Waals surface area contributed by atoms with Crippen molar-refractivity contribution in [3.63, 3.8) is 0 Å². The van der Waals surface area contributed by atoms with Crippen LogP contribution < -0.4 is 11.1 Å². The average molecular weight is 238 g/mol. The lowest BCUT2D eigenvalue weighted by Crippen LogP contribution is -2.40. The molecule has 100 valence electrons. The van der Waals surface area contributed by atoms with Gasteiger partial charge in [-0.3, -0.25) is 0 Å². The van der Waals surface area contributed by atoms with Crippen LogP contribution in [0, 0.1) is 11.8 Å². The van der Waals surface area contributed by atoms with E-state index in [1.807, 2.05) is 0 Å². The normalized spacial score (nSPS) is 39.2. The molecule has 0 radical (unpaired) electrons. The van der Waals surface area contributed by atoms with Crippen molar-refractivity contribution < 1.29 is 0 Å². The van der Waals surface area contributed by atoms with Crippen LogP contribution in [0.1, 0.15) is 64.7 Å². The van der Waals surface area contributed by atoms with Gasteiger partial charge in [-0.1, -0.05) is 26.2 Å². The van der Waals surface area contributed by atoms with Gasteiger partial charge in [0.2, 0.25) is 0 Å². The van der Waals surface area contributed by atoms with E-state index in [-0.39, 0.29) is 0 Å². The highest BCUT2D eigenvalue weighted by Gasteiger charge is 2.22. The molecule has 0 saturated heterocycles. The fourth-order valence-corrected chi connectivity index (χ4v) is 3.50. The second kappa shape index (κ2) is 6.75. The van der Waals surface area contributed by atoms with Crippen molar-refractivity contribution >= 4 is 0 Å². The third-order valence-electron chi connectivity index (χ3n) is 5.01. The van der Waals surface area contributed by atoms with E-state index < -0.39 is 0 Å². The lowest BCUT2D eigenvalue weighted by Gasteiger charge is -2.31. The fraction of sp³-hybridized carbons (Fsp3) is 1.00. The quantitative estimate of drug-likeness (QED) is 0.790. The van der Waals surface area contributed by atoms with Crippen LogP contribution in [-0.4, -0.2) is 18.6 Å². The van der Waals surface area contributed by atoms with E-state index >= 15 is 0 Å². The Morgan fingerprint density at radius 1 is 0.882 bits per heavy atom. The predicted molar refractivity (Wildman–Crippen MR) is 74.0 cm³/mol. The van der Waals surface area contributed by atoms with E-state index in [0.717, 1.165) is 17.9 Å². The molecule has 0 bridgehead atoms. The monoisotopic (exact) mass is 238 g/mol. The zero-order valence-electron chi connectivity index (χ0n) is 11.5. The summed E-state index contributed by atoms with van der Waals surface area (Å²) in [6.07, 6.45) is 12.3. The molecule has 0 atom stereocenters. The molecule has 2 rings (SSSR count). The summed E-state index contributed by atoms with van der Waals surface area (Å²) in [6.45, 7) is 3.60. The maximum absolute atomic E-state index is 5.94. The second-order valence-electron chi connectivity index (χ2n) is 6.31. The van der Waals surface area contributed by atoms with Gasteiger partial charge in [0.05, 0.1) is 0 Å². The minimum Gasteiger partial charge on any atom is -0.328 e. The van der Waals surface area contributed by atoms with E-state index in [0.29, 0.717) is 6.04 Å². The Balaban J connectivity index is 1.59. The van der Waals surface area contributed by atoms with E-state index in [1.54, 1.807) is 0 Å². The highest BCUT2D eigenvalue weighted by Crippen LogP contribution is 2.30. The topological polar surface area (TPSA) is 38.0 Å². The molecule has 0 spiro atoms. The van der Waals surface area contributed by atoms with Crippen LogP contribution in [0.15, 0.2) is 0 Å². The Kier molecular flexibility index (Phi) is 5.30. The van der Waals surface area contributed by atoms with Crippen LogP contribution in [-0.2, 0) is 0 Å². The maximum Gasteiger partial charge on any atom is 0.00683 e. The molecule has 0 unspecified atom stereocenters. The van der Waals surface area contributed by atoms with Gasteiger partial charge >= 0.3 is 0 Å². The number of nitrogens with one attached hydrogen (secondary N) is 1. The lowest BCUT2D eigenvalue weighted by molar-refractivity contribution is 0.245. The Hall–Kier alpha value is -0.0800. The zero-order valence-corrected chi connectivity index (χ0v) is 11.5. The first-order valence-corrected chi connectivity index (χ1v) is 7.77. The molecule has 3 N–H and O–H groups in total. The van der Waals surface area contributed by atoms with Crippen molar-refractivity contribution in [3.05, 3.63) is 0 Å². The number of rotatable bonds is 4. The van der Waals surface area contributed by atoms with Gasteiger partial charge < -0.3 is 11.1 Å². The third-order valence-corrected chi connectivity index (χ3v) is 5.01. The molecule has 0 aromatic heterocycles. The van der Waals surface area contributed by atoms with Crippen LogP contribution in [0.25, 0.3) is 0 Å². The first-order chi connectivity index (χ1) is 8.28. The lowest BCUT2D eigenvalue weighted by atomic mass is 9.80. The molecule has 0 aromatic carbocycles. The van der Waals surface area contributed by atoms with Gasteiger partial charge in [0, 0.05) is 12.1 Å². The molecule has 17 heavy (non-hydrogen) atoms. The average Bonchev–Trinajstić information content (AvgIpc) is 2.39. The molecular weight excluding hydrogens is 208 g/mol. The molecule has 2 heteroatoms. The molecule has 0 heterocycles. The van der Waals surface area contributed by atoms with Gasteiger partial charge in [-0.15, -0.1) is 0 Å². The Morgan fingerprint density at radius 3 is 2.06 bits per heavy atom. The molecule has 2 nitrogen and oxygen atoms in total. The largest absolute Gasteiger partial charge is 0.328 e. The first-order valence-electron chi connectivity index (χ1n) is 7.77. The molecule has 0 aliphatic heterocycles. The van der Waals surface area contributed by atoms with Crippen molar-refractivity contribution in [2.24, 2.45) is 17.6 Å². The Labute approximate surface area is 107 Å². The van der Waals surface area contributed by atoms with Crippen molar-refractivity contribution in [1.29, 1.82) is 0 Å². The van der Waals surface area contributed by atoms with Crippen LogP contribution in [0.3, 0.4) is 0 Å². The summed E-state index contributed by atoms with van der Waals surface area (Å²) < 4.78 is 0. The standard InChI is InChI=1S/C15H30N2/c1-2-12-3-5-13(6-4-12)11-17-15-9-7-14(16)8-10-15/h12-15,17H,2-11,16H2,1H3. The summed E-state index contributed by atoms with van der Waals surface area (Å²) >= 11 is 0.